The van der Waals surface area contributed by atoms with Crippen LogP contribution < -0.4 is 21.1 Å². The largest absolute Gasteiger partial charge is 0.491 e. The molecular weight excluding hydrogens is 501 g/mol. The van der Waals surface area contributed by atoms with Gasteiger partial charge in [-0.1, -0.05) is 42.5 Å². The number of nitrogens with one attached hydrogen (secondary N) is 4. The van der Waals surface area contributed by atoms with Crippen LogP contribution in [0.2, 0.25) is 0 Å². The van der Waals surface area contributed by atoms with Crippen LogP contribution in [0.5, 0.6) is 5.75 Å². The highest BCUT2D eigenvalue weighted by Gasteiger charge is 2.21. The summed E-state index contributed by atoms with van der Waals surface area (Å²) < 4.78 is 19.3. The Morgan fingerprint density at radius 2 is 1.82 bits per heavy atom. The van der Waals surface area contributed by atoms with Crippen molar-refractivity contribution in [2.45, 2.75) is 12.6 Å². The van der Waals surface area contributed by atoms with Gasteiger partial charge in [0.25, 0.3) is 5.91 Å². The number of imidazole rings is 1. The summed E-state index contributed by atoms with van der Waals surface area (Å²) >= 11 is 0. The SMILES string of the molecule is N#Cc1cnc(N[C@@H](COc2ccc3[nH]c(=O)[nH]c3c2)c2ccccc2)c(C(=O)NCc2ccc(F)cc2)n1. The number of nitrogens with zero attached hydrogens (tertiary/aromatic N) is 3. The molecule has 0 aliphatic carbocycles. The number of aromatic nitrogens is 4. The average molecular weight is 524 g/mol. The molecule has 39 heavy (non-hydrogen) atoms. The number of aromatic amines is 2. The molecule has 3 aromatic carbocycles. The monoisotopic (exact) mass is 523 g/mol. The second-order valence-corrected chi connectivity index (χ2v) is 8.58. The first-order valence-corrected chi connectivity index (χ1v) is 11.9. The lowest BCUT2D eigenvalue weighted by Crippen LogP contribution is -2.27. The maximum atomic E-state index is 13.2. The van der Waals surface area contributed by atoms with Crippen molar-refractivity contribution >= 4 is 22.8 Å². The third kappa shape index (κ3) is 6.08. The fourth-order valence-corrected chi connectivity index (χ4v) is 3.93. The van der Waals surface area contributed by atoms with E-state index in [1.165, 1.54) is 18.3 Å². The average Bonchev–Trinajstić information content (AvgIpc) is 3.34. The summed E-state index contributed by atoms with van der Waals surface area (Å²) in [4.78, 5) is 38.5. The quantitative estimate of drug-likeness (QED) is 0.229. The molecule has 5 aromatic rings. The Kier molecular flexibility index (Phi) is 7.27. The molecule has 11 heteroatoms. The number of carbonyl (C=O) groups is 1. The molecule has 4 N–H and O–H groups in total. The van der Waals surface area contributed by atoms with Gasteiger partial charge in [0.1, 0.15) is 24.2 Å². The molecule has 10 nitrogen and oxygen atoms in total. The summed E-state index contributed by atoms with van der Waals surface area (Å²) in [5.41, 5.74) is 2.43. The van der Waals surface area contributed by atoms with Gasteiger partial charge in [-0.05, 0) is 35.4 Å². The molecule has 194 valence electrons. The minimum absolute atomic E-state index is 0.0196. The highest BCUT2D eigenvalue weighted by molar-refractivity contribution is 5.96. The van der Waals surface area contributed by atoms with Gasteiger partial charge in [-0.3, -0.25) is 4.79 Å². The number of amides is 1. The van der Waals surface area contributed by atoms with Crippen molar-refractivity contribution in [2.24, 2.45) is 0 Å². The third-order valence-electron chi connectivity index (χ3n) is 5.89. The van der Waals surface area contributed by atoms with E-state index in [0.29, 0.717) is 22.3 Å². The second-order valence-electron chi connectivity index (χ2n) is 8.58. The summed E-state index contributed by atoms with van der Waals surface area (Å²) in [6, 6.07) is 21.8. The molecule has 0 fully saturated rings. The van der Waals surface area contributed by atoms with Crippen molar-refractivity contribution < 1.29 is 13.9 Å². The summed E-state index contributed by atoms with van der Waals surface area (Å²) in [6.45, 7) is 0.272. The Balaban J connectivity index is 1.38. The fraction of sp³-hybridized carbons (Fsp3) is 0.107. The second kappa shape index (κ2) is 11.3. The highest BCUT2D eigenvalue weighted by Crippen LogP contribution is 2.24. The number of ether oxygens (including phenoxy) is 1. The van der Waals surface area contributed by atoms with Crippen LogP contribution in [-0.2, 0) is 6.54 Å². The van der Waals surface area contributed by atoms with Crippen LogP contribution in [0.1, 0.15) is 33.4 Å². The van der Waals surface area contributed by atoms with Gasteiger partial charge in [0.15, 0.2) is 17.2 Å². The van der Waals surface area contributed by atoms with Crippen molar-refractivity contribution in [3.63, 3.8) is 0 Å². The van der Waals surface area contributed by atoms with E-state index >= 15 is 0 Å². The number of fused-ring (bicyclic) bond motifs is 1. The Morgan fingerprint density at radius 3 is 2.59 bits per heavy atom. The first-order valence-electron chi connectivity index (χ1n) is 11.9. The van der Waals surface area contributed by atoms with Gasteiger partial charge in [-0.2, -0.15) is 5.26 Å². The molecule has 1 amide bonds. The molecule has 0 bridgehead atoms. The minimum atomic E-state index is -0.555. The zero-order valence-electron chi connectivity index (χ0n) is 20.4. The van der Waals surface area contributed by atoms with Gasteiger partial charge in [0.05, 0.1) is 23.3 Å². The van der Waals surface area contributed by atoms with Gasteiger partial charge in [0, 0.05) is 12.6 Å². The predicted octanol–water partition coefficient (Wildman–Crippen LogP) is 3.82. The number of halogens is 1. The van der Waals surface area contributed by atoms with Crippen molar-refractivity contribution in [1.82, 2.24) is 25.3 Å². The molecular formula is C28H22FN7O3. The summed E-state index contributed by atoms with van der Waals surface area (Å²) in [7, 11) is 0. The Hall–Kier alpha value is -5.50. The Morgan fingerprint density at radius 1 is 1.05 bits per heavy atom. The molecule has 2 heterocycles. The predicted molar refractivity (Wildman–Crippen MR) is 142 cm³/mol. The number of hydrogen-bond donors (Lipinski definition) is 4. The Labute approximate surface area is 221 Å². The van der Waals surface area contributed by atoms with Gasteiger partial charge in [-0.25, -0.2) is 19.2 Å². The zero-order chi connectivity index (χ0) is 27.2. The van der Waals surface area contributed by atoms with E-state index in [1.54, 1.807) is 30.3 Å². The van der Waals surface area contributed by atoms with Crippen LogP contribution in [0.25, 0.3) is 11.0 Å². The van der Waals surface area contributed by atoms with Gasteiger partial charge in [-0.15, -0.1) is 0 Å². The van der Waals surface area contributed by atoms with E-state index < -0.39 is 11.9 Å². The van der Waals surface area contributed by atoms with Crippen molar-refractivity contribution in [3.8, 4) is 11.8 Å². The number of hydrogen-bond acceptors (Lipinski definition) is 7. The van der Waals surface area contributed by atoms with Crippen LogP contribution in [0.4, 0.5) is 10.2 Å². The minimum Gasteiger partial charge on any atom is -0.491 e. The van der Waals surface area contributed by atoms with Crippen LogP contribution in [0.3, 0.4) is 0 Å². The first-order chi connectivity index (χ1) is 19.0. The number of H-pyrrole nitrogens is 2. The van der Waals surface area contributed by atoms with Crippen molar-refractivity contribution in [1.29, 1.82) is 5.26 Å². The van der Waals surface area contributed by atoms with Crippen LogP contribution >= 0.6 is 0 Å². The number of anilines is 1. The smallest absolute Gasteiger partial charge is 0.323 e. The lowest BCUT2D eigenvalue weighted by atomic mass is 10.1. The molecule has 0 saturated heterocycles. The van der Waals surface area contributed by atoms with E-state index in [2.05, 4.69) is 30.6 Å². The molecule has 0 aliphatic heterocycles. The van der Waals surface area contributed by atoms with E-state index in [-0.39, 0.29) is 41.9 Å². The molecule has 0 aliphatic rings. The van der Waals surface area contributed by atoms with Gasteiger partial charge in [0.2, 0.25) is 0 Å². The third-order valence-corrected chi connectivity index (χ3v) is 5.89. The zero-order valence-corrected chi connectivity index (χ0v) is 20.4. The van der Waals surface area contributed by atoms with E-state index in [4.69, 9.17) is 4.74 Å². The molecule has 0 radical (unpaired) electrons. The molecule has 0 saturated carbocycles. The van der Waals surface area contributed by atoms with E-state index in [0.717, 1.165) is 5.56 Å². The normalized spacial score (nSPS) is 11.5. The number of rotatable bonds is 9. The summed E-state index contributed by atoms with van der Waals surface area (Å²) in [6.07, 6.45) is 1.28. The van der Waals surface area contributed by atoms with Gasteiger partial charge < -0.3 is 25.3 Å². The lowest BCUT2D eigenvalue weighted by Gasteiger charge is -2.21. The number of benzene rings is 3. The fourth-order valence-electron chi connectivity index (χ4n) is 3.93. The van der Waals surface area contributed by atoms with Crippen LogP contribution in [0.15, 0.2) is 83.8 Å². The maximum absolute atomic E-state index is 13.2. The van der Waals surface area contributed by atoms with Crippen LogP contribution in [0, 0.1) is 17.1 Å². The maximum Gasteiger partial charge on any atom is 0.323 e. The van der Waals surface area contributed by atoms with Crippen molar-refractivity contribution in [3.05, 3.63) is 118 Å². The molecule has 5 rings (SSSR count). The van der Waals surface area contributed by atoms with Crippen LogP contribution in [-0.4, -0.2) is 32.4 Å². The molecule has 0 unspecified atom stereocenters. The lowest BCUT2D eigenvalue weighted by molar-refractivity contribution is 0.0946. The van der Waals surface area contributed by atoms with E-state index in [1.807, 2.05) is 36.4 Å². The Bertz CT molecular complexity index is 1710. The van der Waals surface area contributed by atoms with E-state index in [9.17, 15) is 19.2 Å². The summed E-state index contributed by atoms with van der Waals surface area (Å²) in [5.74, 6) is -0.238. The molecule has 2 aromatic heterocycles. The topological polar surface area (TPSA) is 149 Å². The number of carbonyl (C=O) groups excluding carboxylic acids is 1. The first kappa shape index (κ1) is 25.2. The number of nitriles is 1. The molecule has 1 atom stereocenters. The summed E-state index contributed by atoms with van der Waals surface area (Å²) in [5, 5.41) is 15.3. The van der Waals surface area contributed by atoms with Crippen molar-refractivity contribution in [2.75, 3.05) is 11.9 Å². The van der Waals surface area contributed by atoms with Gasteiger partial charge >= 0.3 is 5.69 Å². The standard InChI is InChI=1S/C28H22FN7O3/c29-19-8-6-17(7-9-19)14-32-27(37)25-26(31-15-20(13-30)33-25)34-24(18-4-2-1-3-5-18)16-39-21-10-11-22-23(12-21)36-28(38)35-22/h1-12,15,24H,14,16H2,(H,31,34)(H,32,37)(H2,35,36,38)/t24-/m0/s1. The highest BCUT2D eigenvalue weighted by atomic mass is 19.1. The molecule has 0 spiro atoms.